The first-order valence-electron chi connectivity index (χ1n) is 8.56. The molecule has 0 radical (unpaired) electrons. The number of ether oxygens (including phenoxy) is 1. The summed E-state index contributed by atoms with van der Waals surface area (Å²) in [6.45, 7) is 2.45. The predicted molar refractivity (Wildman–Crippen MR) is 113 cm³/mol. The van der Waals surface area contributed by atoms with E-state index in [-0.39, 0.29) is 5.91 Å². The highest BCUT2D eigenvalue weighted by Crippen LogP contribution is 2.23. The van der Waals surface area contributed by atoms with E-state index < -0.39 is 0 Å². The van der Waals surface area contributed by atoms with E-state index >= 15 is 0 Å². The number of benzene rings is 2. The molecule has 1 N–H and O–H groups in total. The van der Waals surface area contributed by atoms with Gasteiger partial charge in [0.25, 0.3) is 0 Å². The van der Waals surface area contributed by atoms with E-state index in [1.165, 1.54) is 6.08 Å². The Bertz CT molecular complexity index is 1010. The molecule has 144 valence electrons. The minimum Gasteiger partial charge on any atom is -0.497 e. The van der Waals surface area contributed by atoms with Gasteiger partial charge in [-0.05, 0) is 48.4 Å². The van der Waals surface area contributed by atoms with E-state index in [1.54, 1.807) is 30.0 Å². The van der Waals surface area contributed by atoms with Gasteiger partial charge in [0.05, 0.1) is 23.7 Å². The number of hydrogen-bond acceptors (Lipinski definition) is 3. The lowest BCUT2D eigenvalue weighted by Crippen LogP contribution is -2.09. The van der Waals surface area contributed by atoms with Crippen molar-refractivity contribution in [1.29, 1.82) is 0 Å². The molecule has 1 heterocycles. The Kier molecular flexibility index (Phi) is 6.39. The zero-order valence-corrected chi connectivity index (χ0v) is 17.0. The number of nitrogens with zero attached hydrogens (tertiary/aromatic N) is 2. The van der Waals surface area contributed by atoms with E-state index in [4.69, 9.17) is 27.9 Å². The number of nitrogens with one attached hydrogen (secondary N) is 1. The lowest BCUT2D eigenvalue weighted by Gasteiger charge is -2.06. The van der Waals surface area contributed by atoms with E-state index in [2.05, 4.69) is 10.4 Å². The van der Waals surface area contributed by atoms with Crippen LogP contribution in [0.25, 0.3) is 6.08 Å². The molecule has 28 heavy (non-hydrogen) atoms. The summed E-state index contributed by atoms with van der Waals surface area (Å²) in [7, 11) is 1.61. The fourth-order valence-corrected chi connectivity index (χ4v) is 2.92. The van der Waals surface area contributed by atoms with Gasteiger partial charge in [-0.15, -0.1) is 0 Å². The normalized spacial score (nSPS) is 11.0. The number of aromatic nitrogens is 2. The van der Waals surface area contributed by atoms with Gasteiger partial charge in [-0.3, -0.25) is 9.48 Å². The van der Waals surface area contributed by atoms with Crippen LogP contribution in [0.5, 0.6) is 5.75 Å². The van der Waals surface area contributed by atoms with Crippen molar-refractivity contribution in [3.63, 3.8) is 0 Å². The first kappa shape index (κ1) is 20.0. The molecule has 7 heteroatoms. The summed E-state index contributed by atoms with van der Waals surface area (Å²) in [5, 5.41) is 8.22. The van der Waals surface area contributed by atoms with Gasteiger partial charge >= 0.3 is 0 Å². The summed E-state index contributed by atoms with van der Waals surface area (Å²) in [4.78, 5) is 12.2. The predicted octanol–water partition coefficient (Wildman–Crippen LogP) is 5.21. The Morgan fingerprint density at radius 1 is 1.14 bits per heavy atom. The number of carbonyl (C=O) groups is 1. The minimum atomic E-state index is -0.255. The Morgan fingerprint density at radius 2 is 1.89 bits per heavy atom. The number of methoxy groups -OCH3 is 1. The number of aryl methyl sites for hydroxylation is 1. The van der Waals surface area contributed by atoms with Gasteiger partial charge in [-0.2, -0.15) is 5.10 Å². The van der Waals surface area contributed by atoms with Crippen LogP contribution in [0.2, 0.25) is 10.0 Å². The second-order valence-electron chi connectivity index (χ2n) is 6.17. The number of amides is 1. The standard InChI is InChI=1S/C21H19Cl2N3O2/c1-14-11-20(25-26(14)13-16-5-9-18(22)19(23)12-16)24-21(27)10-6-15-3-7-17(28-2)8-4-15/h3-12H,13H2,1-2H3,(H,24,25,27)/b10-6+. The molecule has 0 bridgehead atoms. The third-order valence-corrected chi connectivity index (χ3v) is 4.83. The monoisotopic (exact) mass is 415 g/mol. The average Bonchev–Trinajstić information content (AvgIpc) is 3.02. The number of carbonyl (C=O) groups excluding carboxylic acids is 1. The largest absolute Gasteiger partial charge is 0.497 e. The molecule has 0 saturated carbocycles. The maximum atomic E-state index is 12.2. The van der Waals surface area contributed by atoms with E-state index in [1.807, 2.05) is 43.3 Å². The van der Waals surface area contributed by atoms with Crippen LogP contribution >= 0.6 is 23.2 Å². The zero-order chi connectivity index (χ0) is 20.1. The molecule has 0 spiro atoms. The molecular formula is C21H19Cl2N3O2. The van der Waals surface area contributed by atoms with Crippen LogP contribution in [0.4, 0.5) is 5.82 Å². The van der Waals surface area contributed by atoms with Crippen molar-refractivity contribution in [2.24, 2.45) is 0 Å². The van der Waals surface area contributed by atoms with Crippen molar-refractivity contribution in [2.75, 3.05) is 12.4 Å². The van der Waals surface area contributed by atoms with Crippen molar-refractivity contribution in [2.45, 2.75) is 13.5 Å². The van der Waals surface area contributed by atoms with Gasteiger partial charge in [-0.1, -0.05) is 41.4 Å². The summed E-state index contributed by atoms with van der Waals surface area (Å²) in [5.41, 5.74) is 2.79. The molecule has 3 aromatic rings. The molecule has 0 fully saturated rings. The van der Waals surface area contributed by atoms with Gasteiger partial charge in [0, 0.05) is 17.8 Å². The summed E-state index contributed by atoms with van der Waals surface area (Å²) in [6, 6.07) is 14.7. The van der Waals surface area contributed by atoms with Crippen molar-refractivity contribution in [1.82, 2.24) is 9.78 Å². The smallest absolute Gasteiger partial charge is 0.249 e. The average molecular weight is 416 g/mol. The molecule has 2 aromatic carbocycles. The second kappa shape index (κ2) is 8.95. The third kappa shape index (κ3) is 5.15. The van der Waals surface area contributed by atoms with Crippen LogP contribution in [0.3, 0.4) is 0 Å². The molecule has 0 saturated heterocycles. The summed E-state index contributed by atoms with van der Waals surface area (Å²) >= 11 is 12.0. The van der Waals surface area contributed by atoms with Crippen molar-refractivity contribution < 1.29 is 9.53 Å². The molecule has 3 rings (SSSR count). The van der Waals surface area contributed by atoms with Gasteiger partial charge in [0.2, 0.25) is 5.91 Å². The van der Waals surface area contributed by atoms with Gasteiger partial charge in [0.1, 0.15) is 5.75 Å². The number of halogens is 2. The first-order valence-corrected chi connectivity index (χ1v) is 9.31. The fourth-order valence-electron chi connectivity index (χ4n) is 2.60. The van der Waals surface area contributed by atoms with Crippen LogP contribution in [-0.4, -0.2) is 22.8 Å². The highest BCUT2D eigenvalue weighted by atomic mass is 35.5. The van der Waals surface area contributed by atoms with Gasteiger partial charge in [-0.25, -0.2) is 0 Å². The highest BCUT2D eigenvalue weighted by Gasteiger charge is 2.08. The zero-order valence-electron chi connectivity index (χ0n) is 15.4. The Morgan fingerprint density at radius 3 is 2.57 bits per heavy atom. The molecule has 0 atom stereocenters. The van der Waals surface area contributed by atoms with Gasteiger partial charge in [0.15, 0.2) is 5.82 Å². The molecule has 0 aliphatic rings. The van der Waals surface area contributed by atoms with E-state index in [0.29, 0.717) is 22.4 Å². The van der Waals surface area contributed by atoms with Crippen LogP contribution in [0.1, 0.15) is 16.8 Å². The van der Waals surface area contributed by atoms with Crippen LogP contribution in [0.15, 0.2) is 54.6 Å². The van der Waals surface area contributed by atoms with E-state index in [0.717, 1.165) is 22.6 Å². The lowest BCUT2D eigenvalue weighted by molar-refractivity contribution is -0.111. The minimum absolute atomic E-state index is 0.255. The number of anilines is 1. The molecule has 0 aliphatic carbocycles. The lowest BCUT2D eigenvalue weighted by atomic mass is 10.2. The summed E-state index contributed by atoms with van der Waals surface area (Å²) in [6.07, 6.45) is 3.20. The fraction of sp³-hybridized carbons (Fsp3) is 0.143. The molecule has 1 aromatic heterocycles. The van der Waals surface area contributed by atoms with Gasteiger partial charge < -0.3 is 10.1 Å². The van der Waals surface area contributed by atoms with Crippen LogP contribution in [0, 0.1) is 6.92 Å². The van der Waals surface area contributed by atoms with E-state index in [9.17, 15) is 4.79 Å². The first-order chi connectivity index (χ1) is 13.4. The Hall–Kier alpha value is -2.76. The second-order valence-corrected chi connectivity index (χ2v) is 6.99. The molecule has 5 nitrogen and oxygen atoms in total. The number of hydrogen-bond donors (Lipinski definition) is 1. The summed E-state index contributed by atoms with van der Waals surface area (Å²) < 4.78 is 6.91. The molecule has 0 aliphatic heterocycles. The van der Waals surface area contributed by atoms with Crippen LogP contribution in [-0.2, 0) is 11.3 Å². The Balaban J connectivity index is 1.64. The third-order valence-electron chi connectivity index (χ3n) is 4.09. The molecule has 0 unspecified atom stereocenters. The summed E-state index contributed by atoms with van der Waals surface area (Å²) in [5.74, 6) is 1.00. The van der Waals surface area contributed by atoms with Crippen LogP contribution < -0.4 is 10.1 Å². The maximum Gasteiger partial charge on any atom is 0.249 e. The molecular weight excluding hydrogens is 397 g/mol. The highest BCUT2D eigenvalue weighted by molar-refractivity contribution is 6.42. The van der Waals surface area contributed by atoms with Crippen molar-refractivity contribution in [3.05, 3.63) is 81.5 Å². The topological polar surface area (TPSA) is 56.1 Å². The number of rotatable bonds is 6. The SMILES string of the molecule is COc1ccc(/C=C/C(=O)Nc2cc(C)n(Cc3ccc(Cl)c(Cl)c3)n2)cc1. The Labute approximate surface area is 173 Å². The van der Waals surface area contributed by atoms with Crippen molar-refractivity contribution in [3.8, 4) is 5.75 Å². The quantitative estimate of drug-likeness (QED) is 0.562. The molecule has 1 amide bonds. The van der Waals surface area contributed by atoms with Crippen molar-refractivity contribution >= 4 is 41.0 Å². The maximum absolute atomic E-state index is 12.2.